The lowest BCUT2D eigenvalue weighted by molar-refractivity contribution is -0.886. The van der Waals surface area contributed by atoms with Gasteiger partial charge in [-0.1, -0.05) is 0 Å². The molecular weight excluding hydrogens is 364 g/mol. The van der Waals surface area contributed by atoms with E-state index in [1.54, 1.807) is 32.2 Å². The first-order valence-electron chi connectivity index (χ1n) is 9.48. The summed E-state index contributed by atoms with van der Waals surface area (Å²) in [7, 11) is 1.75. The fourth-order valence-electron chi connectivity index (χ4n) is 2.87. The number of amides is 4. The Hall–Kier alpha value is -2.81. The van der Waals surface area contributed by atoms with Crippen LogP contribution in [0.5, 0.6) is 11.5 Å². The van der Waals surface area contributed by atoms with Crippen molar-refractivity contribution < 1.29 is 28.8 Å². The number of carbonyl (C=O) groups excluding carboxylic acids is 3. The summed E-state index contributed by atoms with van der Waals surface area (Å²) in [6.07, 6.45) is 0. The van der Waals surface area contributed by atoms with Gasteiger partial charge in [0.15, 0.2) is 24.1 Å². The predicted octanol–water partition coefficient (Wildman–Crippen LogP) is -0.122. The molecule has 3 N–H and O–H groups in total. The molecule has 0 saturated carbocycles. The van der Waals surface area contributed by atoms with Crippen molar-refractivity contribution in [3.63, 3.8) is 0 Å². The van der Waals surface area contributed by atoms with Crippen molar-refractivity contribution in [1.82, 2.24) is 10.2 Å². The molecule has 1 aliphatic rings. The van der Waals surface area contributed by atoms with Crippen LogP contribution in [-0.4, -0.2) is 68.7 Å². The predicted molar refractivity (Wildman–Crippen MR) is 104 cm³/mol. The third-order valence-corrected chi connectivity index (χ3v) is 4.50. The number of benzene rings is 1. The molecule has 2 atom stereocenters. The van der Waals surface area contributed by atoms with E-state index in [2.05, 4.69) is 10.6 Å². The molecule has 1 saturated heterocycles. The molecule has 1 heterocycles. The van der Waals surface area contributed by atoms with E-state index in [4.69, 9.17) is 9.47 Å². The van der Waals surface area contributed by atoms with Crippen LogP contribution >= 0.6 is 0 Å². The lowest BCUT2D eigenvalue weighted by atomic mass is 10.2. The van der Waals surface area contributed by atoms with E-state index in [1.807, 2.05) is 13.8 Å². The highest BCUT2D eigenvalue weighted by atomic mass is 16.5. The van der Waals surface area contributed by atoms with E-state index in [9.17, 15) is 14.4 Å². The van der Waals surface area contributed by atoms with Crippen LogP contribution in [0.3, 0.4) is 0 Å². The first kappa shape index (κ1) is 21.5. The van der Waals surface area contributed by atoms with Gasteiger partial charge >= 0.3 is 6.03 Å². The van der Waals surface area contributed by atoms with Crippen molar-refractivity contribution in [2.24, 2.45) is 0 Å². The van der Waals surface area contributed by atoms with Gasteiger partial charge in [-0.25, -0.2) is 4.79 Å². The van der Waals surface area contributed by atoms with Crippen molar-refractivity contribution in [2.75, 3.05) is 45.2 Å². The van der Waals surface area contributed by atoms with E-state index < -0.39 is 6.04 Å². The molecule has 0 aromatic heterocycles. The summed E-state index contributed by atoms with van der Waals surface area (Å²) >= 11 is 0. The molecule has 28 heavy (non-hydrogen) atoms. The minimum atomic E-state index is -0.520. The molecular formula is C19H29N4O5+. The fourth-order valence-corrected chi connectivity index (χ4v) is 2.87. The lowest BCUT2D eigenvalue weighted by Gasteiger charge is -2.23. The van der Waals surface area contributed by atoms with Crippen LogP contribution in [0.1, 0.15) is 20.8 Å². The topological polar surface area (TPSA) is 101 Å². The smallest absolute Gasteiger partial charge is 0.324 e. The summed E-state index contributed by atoms with van der Waals surface area (Å²) in [5.74, 6) is 0.647. The third-order valence-electron chi connectivity index (χ3n) is 4.50. The first-order valence-corrected chi connectivity index (χ1v) is 9.48. The number of hydrogen-bond acceptors (Lipinski definition) is 5. The summed E-state index contributed by atoms with van der Waals surface area (Å²) in [4.78, 5) is 38.4. The van der Waals surface area contributed by atoms with E-state index in [0.29, 0.717) is 48.4 Å². The molecule has 4 amide bonds. The zero-order chi connectivity index (χ0) is 20.7. The van der Waals surface area contributed by atoms with Crippen LogP contribution in [0.4, 0.5) is 10.5 Å². The summed E-state index contributed by atoms with van der Waals surface area (Å²) < 4.78 is 11.1. The third kappa shape index (κ3) is 5.35. The normalized spacial score (nSPS) is 15.6. The Balaban J connectivity index is 1.96. The van der Waals surface area contributed by atoms with Crippen LogP contribution < -0.4 is 25.0 Å². The number of nitrogens with zero attached hydrogens (tertiary/aromatic N) is 1. The quantitative estimate of drug-likeness (QED) is 0.543. The number of nitrogens with one attached hydrogen (secondary N) is 3. The van der Waals surface area contributed by atoms with Gasteiger partial charge in [0, 0.05) is 24.8 Å². The summed E-state index contributed by atoms with van der Waals surface area (Å²) in [5, 5.41) is 5.42. The van der Waals surface area contributed by atoms with Crippen LogP contribution in [0.25, 0.3) is 0 Å². The second kappa shape index (κ2) is 9.93. The van der Waals surface area contributed by atoms with Crippen molar-refractivity contribution in [1.29, 1.82) is 0 Å². The number of imide groups is 1. The van der Waals surface area contributed by atoms with E-state index >= 15 is 0 Å². The number of carbonyl (C=O) groups is 3. The lowest BCUT2D eigenvalue weighted by Crippen LogP contribution is -3.15. The number of hydrogen-bond donors (Lipinski definition) is 3. The van der Waals surface area contributed by atoms with Crippen LogP contribution in [0, 0.1) is 0 Å². The van der Waals surface area contributed by atoms with Crippen molar-refractivity contribution in [3.05, 3.63) is 18.2 Å². The maximum Gasteiger partial charge on any atom is 0.324 e. The Kier molecular flexibility index (Phi) is 7.62. The molecule has 0 aliphatic carbocycles. The maximum absolute atomic E-state index is 12.4. The highest BCUT2D eigenvalue weighted by Crippen LogP contribution is 2.30. The van der Waals surface area contributed by atoms with E-state index in [-0.39, 0.29) is 24.4 Å². The minimum absolute atomic E-state index is 0.0829. The Morgan fingerprint density at radius 3 is 2.54 bits per heavy atom. The molecule has 0 spiro atoms. The van der Waals surface area contributed by atoms with Crippen molar-refractivity contribution in [3.8, 4) is 11.5 Å². The highest BCUT2D eigenvalue weighted by Gasteiger charge is 2.34. The average molecular weight is 393 g/mol. The first-order chi connectivity index (χ1) is 13.4. The van der Waals surface area contributed by atoms with Gasteiger partial charge < -0.3 is 25.0 Å². The molecule has 154 valence electrons. The van der Waals surface area contributed by atoms with Gasteiger partial charge in [-0.15, -0.1) is 0 Å². The SMILES string of the molecule is CCOc1ccc(NC(=O)C[NH+](C)[C@@H](C)C(=O)N2CCNC2=O)cc1OCC. The number of rotatable bonds is 9. The molecule has 1 aromatic carbocycles. The van der Waals surface area contributed by atoms with Crippen LogP contribution in [0.2, 0.25) is 0 Å². The summed E-state index contributed by atoms with van der Waals surface area (Å²) in [6, 6.07) is 4.30. The fraction of sp³-hybridized carbons (Fsp3) is 0.526. The van der Waals surface area contributed by atoms with Gasteiger partial charge in [0.25, 0.3) is 11.8 Å². The maximum atomic E-state index is 12.4. The van der Waals surface area contributed by atoms with E-state index in [0.717, 1.165) is 0 Å². The highest BCUT2D eigenvalue weighted by molar-refractivity contribution is 5.97. The molecule has 1 aromatic rings. The average Bonchev–Trinajstić information content (AvgIpc) is 3.08. The standard InChI is InChI=1S/C19H28N4O5/c1-5-27-15-8-7-14(11-16(15)28-6-2)21-17(24)12-22(4)13(3)18(25)23-10-9-20-19(23)26/h7-8,11,13H,5-6,9-10,12H2,1-4H3,(H,20,26)(H,21,24)/p+1/t13-/m0/s1. The Labute approximate surface area is 165 Å². The van der Waals surface area contributed by atoms with Gasteiger partial charge in [-0.2, -0.15) is 0 Å². The Bertz CT molecular complexity index is 724. The number of likely N-dealkylation sites (N-methyl/N-ethyl adjacent to an activating group) is 1. The molecule has 0 radical (unpaired) electrons. The molecule has 1 unspecified atom stereocenters. The van der Waals surface area contributed by atoms with Gasteiger partial charge in [0.1, 0.15) is 0 Å². The van der Waals surface area contributed by atoms with Crippen LogP contribution in [0.15, 0.2) is 18.2 Å². The van der Waals surface area contributed by atoms with Gasteiger partial charge in [-0.05, 0) is 32.9 Å². The molecule has 1 aliphatic heterocycles. The molecule has 9 nitrogen and oxygen atoms in total. The second-order valence-electron chi connectivity index (χ2n) is 6.54. The number of ether oxygens (including phenoxy) is 2. The number of anilines is 1. The Morgan fingerprint density at radius 1 is 1.25 bits per heavy atom. The molecule has 2 rings (SSSR count). The molecule has 0 bridgehead atoms. The Morgan fingerprint density at radius 2 is 1.93 bits per heavy atom. The van der Waals surface area contributed by atoms with Gasteiger partial charge in [0.2, 0.25) is 0 Å². The monoisotopic (exact) mass is 393 g/mol. The van der Waals surface area contributed by atoms with Crippen molar-refractivity contribution in [2.45, 2.75) is 26.8 Å². The number of urea groups is 1. The second-order valence-corrected chi connectivity index (χ2v) is 6.54. The summed E-state index contributed by atoms with van der Waals surface area (Å²) in [6.45, 7) is 7.36. The summed E-state index contributed by atoms with van der Waals surface area (Å²) in [5.41, 5.74) is 0.586. The van der Waals surface area contributed by atoms with Crippen LogP contribution in [-0.2, 0) is 9.59 Å². The molecule has 1 fully saturated rings. The van der Waals surface area contributed by atoms with Crippen molar-refractivity contribution >= 4 is 23.5 Å². The van der Waals surface area contributed by atoms with E-state index in [1.165, 1.54) is 4.90 Å². The van der Waals surface area contributed by atoms with Gasteiger partial charge in [-0.3, -0.25) is 14.5 Å². The largest absolute Gasteiger partial charge is 0.490 e. The zero-order valence-electron chi connectivity index (χ0n) is 16.8. The number of quaternary nitrogens is 1. The van der Waals surface area contributed by atoms with Gasteiger partial charge in [0.05, 0.1) is 20.3 Å². The minimum Gasteiger partial charge on any atom is -0.490 e. The molecule has 9 heteroatoms. The zero-order valence-corrected chi connectivity index (χ0v) is 16.8.